The first-order valence-electron chi connectivity index (χ1n) is 20.5. The van der Waals surface area contributed by atoms with Crippen molar-refractivity contribution < 1.29 is 19.4 Å². The monoisotopic (exact) mass is 705 g/mol. The van der Waals surface area contributed by atoms with Gasteiger partial charge in [-0.05, 0) is 127 Å². The van der Waals surface area contributed by atoms with Crippen molar-refractivity contribution in [1.29, 1.82) is 0 Å². The highest BCUT2D eigenvalue weighted by atomic mass is 16.5. The van der Waals surface area contributed by atoms with Crippen LogP contribution in [0, 0.1) is 5.92 Å². The lowest BCUT2D eigenvalue weighted by atomic mass is 9.67. The maximum Gasteiger partial charge on any atom is 0.219 e. The summed E-state index contributed by atoms with van der Waals surface area (Å²) >= 11 is 0. The molecule has 2 unspecified atom stereocenters. The molecule has 8 heteroatoms. The van der Waals surface area contributed by atoms with Crippen LogP contribution in [0.3, 0.4) is 0 Å². The first-order chi connectivity index (χ1) is 23.1. The molecule has 1 saturated carbocycles. The minimum Gasteiger partial charge on any atom is -0.391 e. The van der Waals surface area contributed by atoms with Gasteiger partial charge in [0.15, 0.2) is 0 Å². The summed E-state index contributed by atoms with van der Waals surface area (Å²) in [7, 11) is 0. The molecule has 0 aromatic heterocycles. The number of carbonyl (C=O) groups is 2. The fourth-order valence-electron chi connectivity index (χ4n) is 12.0. The zero-order chi connectivity index (χ0) is 37.9. The molecule has 0 spiro atoms. The van der Waals surface area contributed by atoms with Crippen LogP contribution in [0.5, 0.6) is 0 Å². The Kier molecular flexibility index (Phi) is 14.6. The van der Waals surface area contributed by atoms with Crippen LogP contribution in [-0.4, -0.2) is 108 Å². The van der Waals surface area contributed by atoms with E-state index in [1.807, 2.05) is 6.92 Å². The number of ether oxygens (including phenoxy) is 1. The average molecular weight is 705 g/mol. The number of amides is 2. The van der Waals surface area contributed by atoms with E-state index in [0.29, 0.717) is 12.5 Å². The molecule has 2 heterocycles. The zero-order valence-electron chi connectivity index (χ0n) is 35.2. The minimum absolute atomic E-state index is 0.143. The van der Waals surface area contributed by atoms with E-state index in [1.165, 1.54) is 19.3 Å². The molecule has 0 radical (unpaired) electrons. The Morgan fingerprint density at radius 2 is 1.10 bits per heavy atom. The number of aliphatic hydroxyl groups excluding tert-OH is 1. The maximum absolute atomic E-state index is 13.2. The predicted molar refractivity (Wildman–Crippen MR) is 207 cm³/mol. The molecule has 1 aliphatic carbocycles. The van der Waals surface area contributed by atoms with Crippen LogP contribution in [0.15, 0.2) is 0 Å². The van der Waals surface area contributed by atoms with Crippen molar-refractivity contribution in [2.45, 2.75) is 233 Å². The van der Waals surface area contributed by atoms with Gasteiger partial charge >= 0.3 is 0 Å². The second kappa shape index (κ2) is 16.8. The van der Waals surface area contributed by atoms with Crippen molar-refractivity contribution in [3.63, 3.8) is 0 Å². The van der Waals surface area contributed by atoms with Crippen molar-refractivity contribution >= 4 is 11.8 Å². The second-order valence-electron chi connectivity index (χ2n) is 19.3. The maximum atomic E-state index is 13.2. The van der Waals surface area contributed by atoms with Crippen molar-refractivity contribution in [3.05, 3.63) is 0 Å². The van der Waals surface area contributed by atoms with Gasteiger partial charge in [0.1, 0.15) is 0 Å². The van der Waals surface area contributed by atoms with E-state index in [0.717, 1.165) is 77.3 Å². The van der Waals surface area contributed by atoms with Crippen molar-refractivity contribution in [2.75, 3.05) is 19.7 Å². The molecule has 3 rings (SSSR count). The molecule has 292 valence electrons. The molecule has 3 fully saturated rings. The van der Waals surface area contributed by atoms with Crippen molar-refractivity contribution in [2.24, 2.45) is 5.92 Å². The summed E-state index contributed by atoms with van der Waals surface area (Å²) in [6.45, 7) is 33.3. The van der Waals surface area contributed by atoms with E-state index in [9.17, 15) is 14.7 Å². The number of rotatable bonds is 15. The van der Waals surface area contributed by atoms with Crippen LogP contribution in [0.1, 0.15) is 180 Å². The van der Waals surface area contributed by atoms with E-state index >= 15 is 0 Å². The first kappa shape index (κ1) is 43.2. The fraction of sp³-hybridized carbons (Fsp3) is 0.952. The molecule has 2 saturated heterocycles. The van der Waals surface area contributed by atoms with Gasteiger partial charge in [0, 0.05) is 61.2 Å². The molecule has 2 aliphatic heterocycles. The highest BCUT2D eigenvalue weighted by Gasteiger charge is 2.65. The van der Waals surface area contributed by atoms with Gasteiger partial charge in [-0.1, -0.05) is 46.0 Å². The van der Waals surface area contributed by atoms with Crippen molar-refractivity contribution in [1.82, 2.24) is 19.6 Å². The van der Waals surface area contributed by atoms with Gasteiger partial charge in [-0.3, -0.25) is 19.4 Å². The summed E-state index contributed by atoms with van der Waals surface area (Å²) in [4.78, 5) is 36.3. The van der Waals surface area contributed by atoms with E-state index < -0.39 is 11.8 Å². The Morgan fingerprint density at radius 3 is 1.40 bits per heavy atom. The number of hydrogen-bond donors (Lipinski definition) is 1. The Morgan fingerprint density at radius 1 is 0.740 bits per heavy atom. The lowest BCUT2D eigenvalue weighted by Crippen LogP contribution is -2.84. The molecular weight excluding hydrogens is 624 g/mol. The lowest BCUT2D eigenvalue weighted by Gasteiger charge is -2.73. The lowest BCUT2D eigenvalue weighted by molar-refractivity contribution is -0.289. The Labute approximate surface area is 308 Å². The number of hydrogen-bond acceptors (Lipinski definition) is 6. The predicted octanol–water partition coefficient (Wildman–Crippen LogP) is 8.39. The smallest absolute Gasteiger partial charge is 0.219 e. The molecule has 3 aliphatic rings. The molecule has 2 atom stereocenters. The summed E-state index contributed by atoms with van der Waals surface area (Å²) in [6.07, 6.45) is 12.9. The van der Waals surface area contributed by atoms with Crippen LogP contribution in [0.25, 0.3) is 0 Å². The summed E-state index contributed by atoms with van der Waals surface area (Å²) in [5, 5.41) is 10.7. The Hall–Kier alpha value is -1.22. The number of nitrogens with zero attached hydrogens (tertiary/aromatic N) is 4. The zero-order valence-corrected chi connectivity index (χ0v) is 35.2. The quantitative estimate of drug-likeness (QED) is 0.185. The molecule has 0 aromatic carbocycles. The van der Waals surface area contributed by atoms with E-state index in [4.69, 9.17) is 4.74 Å². The normalized spacial score (nSPS) is 24.9. The third-order valence-electron chi connectivity index (χ3n) is 12.6. The van der Waals surface area contributed by atoms with Gasteiger partial charge in [0.25, 0.3) is 0 Å². The first-order valence-corrected chi connectivity index (χ1v) is 20.5. The van der Waals surface area contributed by atoms with Gasteiger partial charge in [-0.2, -0.15) is 0 Å². The van der Waals surface area contributed by atoms with Gasteiger partial charge in [-0.25, -0.2) is 0 Å². The highest BCUT2D eigenvalue weighted by molar-refractivity contribution is 5.74. The van der Waals surface area contributed by atoms with E-state index in [2.05, 4.69) is 95.8 Å². The SMILES string of the molecule is CCCCN(C(C)=O)C1CC(C)(C)N(C(C)(C(OCC(C)O)C2CCCCC2)N2C(C)(C)CC(N(CCCC)C(C)=O)CC2(C)C)C(C)(C)C1. The number of piperidine rings is 2. The number of likely N-dealkylation sites (tertiary alicyclic amines) is 2. The Bertz CT molecular complexity index is 1010. The largest absolute Gasteiger partial charge is 0.391 e. The number of aliphatic hydroxyl groups is 1. The molecule has 2 amide bonds. The molecule has 50 heavy (non-hydrogen) atoms. The van der Waals surface area contributed by atoms with Crippen LogP contribution in [0.2, 0.25) is 0 Å². The standard InChI is InChI=1S/C42H80N4O4/c1-15-17-24-43(32(4)48)35-26-38(6,7)45(39(8,9)27-35)42(14,37(50-30-31(3)47)34-22-20-19-21-23-34)46-40(10,11)28-36(29-41(46,12)13)44(33(5)49)25-18-16-2/h31,34-37,47H,15-30H2,1-14H3. The highest BCUT2D eigenvalue weighted by Crippen LogP contribution is 2.55. The topological polar surface area (TPSA) is 76.6 Å². The third kappa shape index (κ3) is 9.46. The van der Waals surface area contributed by atoms with Crippen LogP contribution >= 0.6 is 0 Å². The molecule has 0 bridgehead atoms. The van der Waals surface area contributed by atoms with Gasteiger partial charge in [0.2, 0.25) is 11.8 Å². The number of carbonyl (C=O) groups excluding carboxylic acids is 2. The third-order valence-corrected chi connectivity index (χ3v) is 12.6. The van der Waals surface area contributed by atoms with Gasteiger partial charge in [-0.15, -0.1) is 0 Å². The summed E-state index contributed by atoms with van der Waals surface area (Å²) in [5.74, 6) is 0.709. The molecule has 1 N–H and O–H groups in total. The summed E-state index contributed by atoms with van der Waals surface area (Å²) in [5.41, 5.74) is -1.69. The van der Waals surface area contributed by atoms with Crippen LogP contribution in [0.4, 0.5) is 0 Å². The molecule has 8 nitrogen and oxygen atoms in total. The summed E-state index contributed by atoms with van der Waals surface area (Å²) < 4.78 is 7.16. The average Bonchev–Trinajstić information content (AvgIpc) is 2.95. The van der Waals surface area contributed by atoms with Crippen LogP contribution in [-0.2, 0) is 14.3 Å². The van der Waals surface area contributed by atoms with E-state index in [1.54, 1.807) is 13.8 Å². The van der Waals surface area contributed by atoms with E-state index in [-0.39, 0.29) is 52.2 Å². The van der Waals surface area contributed by atoms with Gasteiger partial charge < -0.3 is 19.6 Å². The minimum atomic E-state index is -0.568. The second-order valence-corrected chi connectivity index (χ2v) is 19.3. The number of unbranched alkanes of at least 4 members (excludes halogenated alkanes) is 2. The van der Waals surface area contributed by atoms with Gasteiger partial charge in [0.05, 0.1) is 24.5 Å². The summed E-state index contributed by atoms with van der Waals surface area (Å²) in [6, 6.07) is 0.316. The van der Waals surface area contributed by atoms with Crippen LogP contribution < -0.4 is 0 Å². The van der Waals surface area contributed by atoms with Crippen molar-refractivity contribution in [3.8, 4) is 0 Å². The molecule has 0 aromatic rings. The fourth-order valence-corrected chi connectivity index (χ4v) is 12.0. The molecular formula is C42H80N4O4. The Balaban J connectivity index is 2.28.